The molecule has 0 unspecified atom stereocenters. The summed E-state index contributed by atoms with van der Waals surface area (Å²) in [7, 11) is 0. The average molecular weight is 365 g/mol. The maximum atomic E-state index is 12.6. The highest BCUT2D eigenvalue weighted by atomic mass is 16.5. The number of para-hydroxylation sites is 1. The van der Waals surface area contributed by atoms with Crippen LogP contribution in [0.4, 0.5) is 11.4 Å². The van der Waals surface area contributed by atoms with Crippen molar-refractivity contribution in [2.75, 3.05) is 17.2 Å². The summed E-state index contributed by atoms with van der Waals surface area (Å²) in [6.45, 7) is 2.47. The van der Waals surface area contributed by atoms with E-state index in [2.05, 4.69) is 15.6 Å². The van der Waals surface area contributed by atoms with E-state index in [0.717, 1.165) is 11.4 Å². The normalized spacial score (nSPS) is 10.3. The lowest BCUT2D eigenvalue weighted by molar-refractivity contribution is 0.0527. The van der Waals surface area contributed by atoms with Gasteiger partial charge in [0.1, 0.15) is 11.5 Å². The number of hydrogen-bond donors (Lipinski definition) is 2. The van der Waals surface area contributed by atoms with Crippen molar-refractivity contribution in [2.24, 2.45) is 0 Å². The summed E-state index contributed by atoms with van der Waals surface area (Å²) in [5.41, 5.74) is 1.61. The summed E-state index contributed by atoms with van der Waals surface area (Å²) >= 11 is 0. The van der Waals surface area contributed by atoms with Crippen molar-refractivity contribution in [2.45, 2.75) is 13.5 Å². The number of aromatic nitrogens is 1. The molecule has 0 aliphatic heterocycles. The topological polar surface area (TPSA) is 93.5 Å². The van der Waals surface area contributed by atoms with Crippen molar-refractivity contribution >= 4 is 23.3 Å². The van der Waals surface area contributed by atoms with Crippen LogP contribution in [0.25, 0.3) is 0 Å². The van der Waals surface area contributed by atoms with Crippen LogP contribution in [0.15, 0.2) is 65.4 Å². The standard InChI is InChI=1S/C20H19N3O4/c1-2-26-20(25)16-7-3-4-8-17(16)23-19(24)18-12-14(9-10-21-18)22-13-15-6-5-11-27-15/h3-12H,2,13H2,1H3,(H,21,22)(H,23,24). The fourth-order valence-corrected chi connectivity index (χ4v) is 2.43. The van der Waals surface area contributed by atoms with E-state index in [0.29, 0.717) is 17.8 Å². The minimum absolute atomic E-state index is 0.220. The molecule has 0 saturated carbocycles. The Morgan fingerprint density at radius 1 is 1.15 bits per heavy atom. The summed E-state index contributed by atoms with van der Waals surface area (Å²) in [6.07, 6.45) is 3.14. The first kappa shape index (κ1) is 18.2. The van der Waals surface area contributed by atoms with Gasteiger partial charge in [0.05, 0.1) is 30.7 Å². The molecule has 0 aliphatic rings. The van der Waals surface area contributed by atoms with Gasteiger partial charge >= 0.3 is 5.97 Å². The van der Waals surface area contributed by atoms with Crippen LogP contribution in [0.5, 0.6) is 0 Å². The van der Waals surface area contributed by atoms with E-state index in [-0.39, 0.29) is 12.3 Å². The Morgan fingerprint density at radius 2 is 2.00 bits per heavy atom. The van der Waals surface area contributed by atoms with Gasteiger partial charge in [0, 0.05) is 11.9 Å². The van der Waals surface area contributed by atoms with E-state index in [1.54, 1.807) is 49.6 Å². The highest BCUT2D eigenvalue weighted by Crippen LogP contribution is 2.18. The van der Waals surface area contributed by atoms with Crippen molar-refractivity contribution in [1.82, 2.24) is 4.98 Å². The summed E-state index contributed by atoms with van der Waals surface area (Å²) in [5, 5.41) is 5.88. The predicted molar refractivity (Wildman–Crippen MR) is 101 cm³/mol. The first-order valence-electron chi connectivity index (χ1n) is 8.47. The largest absolute Gasteiger partial charge is 0.467 e. The van der Waals surface area contributed by atoms with Crippen LogP contribution in [-0.4, -0.2) is 23.5 Å². The van der Waals surface area contributed by atoms with Gasteiger partial charge in [0.15, 0.2) is 0 Å². The van der Waals surface area contributed by atoms with Gasteiger partial charge in [0.2, 0.25) is 0 Å². The van der Waals surface area contributed by atoms with Crippen LogP contribution in [0, 0.1) is 0 Å². The summed E-state index contributed by atoms with van der Waals surface area (Å²) in [6, 6.07) is 13.7. The number of nitrogens with zero attached hydrogens (tertiary/aromatic N) is 1. The Kier molecular flexibility index (Phi) is 5.84. The number of ether oxygens (including phenoxy) is 1. The first-order chi connectivity index (χ1) is 13.2. The first-order valence-corrected chi connectivity index (χ1v) is 8.47. The van der Waals surface area contributed by atoms with Crippen LogP contribution >= 0.6 is 0 Å². The molecular formula is C20H19N3O4. The molecule has 0 radical (unpaired) electrons. The van der Waals surface area contributed by atoms with Gasteiger partial charge in [-0.2, -0.15) is 0 Å². The van der Waals surface area contributed by atoms with E-state index in [1.165, 1.54) is 6.20 Å². The van der Waals surface area contributed by atoms with Crippen molar-refractivity contribution in [3.05, 3.63) is 78.0 Å². The van der Waals surface area contributed by atoms with E-state index >= 15 is 0 Å². The molecule has 2 N–H and O–H groups in total. The molecule has 1 amide bonds. The number of pyridine rings is 1. The fourth-order valence-electron chi connectivity index (χ4n) is 2.43. The zero-order valence-electron chi connectivity index (χ0n) is 14.8. The molecule has 0 aliphatic carbocycles. The monoisotopic (exact) mass is 365 g/mol. The number of carbonyl (C=O) groups excluding carboxylic acids is 2. The minimum atomic E-state index is -0.491. The molecule has 0 fully saturated rings. The Balaban J connectivity index is 1.71. The zero-order valence-corrected chi connectivity index (χ0v) is 14.8. The number of benzene rings is 1. The highest BCUT2D eigenvalue weighted by molar-refractivity contribution is 6.07. The third kappa shape index (κ3) is 4.72. The molecule has 7 nitrogen and oxygen atoms in total. The van der Waals surface area contributed by atoms with E-state index in [4.69, 9.17) is 9.15 Å². The Morgan fingerprint density at radius 3 is 2.78 bits per heavy atom. The van der Waals surface area contributed by atoms with Gasteiger partial charge in [-0.3, -0.25) is 9.78 Å². The SMILES string of the molecule is CCOC(=O)c1ccccc1NC(=O)c1cc(NCc2ccco2)ccn1. The van der Waals surface area contributed by atoms with E-state index < -0.39 is 11.9 Å². The Hall–Kier alpha value is -3.61. The molecule has 138 valence electrons. The van der Waals surface area contributed by atoms with Crippen molar-refractivity contribution in [1.29, 1.82) is 0 Å². The van der Waals surface area contributed by atoms with Gasteiger partial charge < -0.3 is 19.8 Å². The van der Waals surface area contributed by atoms with Crippen LogP contribution in [0.3, 0.4) is 0 Å². The summed E-state index contributed by atoms with van der Waals surface area (Å²) < 4.78 is 10.3. The molecule has 2 heterocycles. The zero-order chi connectivity index (χ0) is 19.1. The fraction of sp³-hybridized carbons (Fsp3) is 0.150. The summed E-state index contributed by atoms with van der Waals surface area (Å²) in [4.78, 5) is 28.7. The van der Waals surface area contributed by atoms with Crippen LogP contribution in [-0.2, 0) is 11.3 Å². The summed E-state index contributed by atoms with van der Waals surface area (Å²) in [5.74, 6) is -0.134. The quantitative estimate of drug-likeness (QED) is 0.620. The molecule has 0 atom stereocenters. The number of furan rings is 1. The van der Waals surface area contributed by atoms with Gasteiger partial charge in [-0.15, -0.1) is 0 Å². The molecule has 0 bridgehead atoms. The van der Waals surface area contributed by atoms with E-state index in [9.17, 15) is 9.59 Å². The number of carbonyl (C=O) groups is 2. The molecule has 0 saturated heterocycles. The molecule has 2 aromatic heterocycles. The van der Waals surface area contributed by atoms with Gasteiger partial charge in [-0.05, 0) is 43.3 Å². The molecule has 3 aromatic rings. The average Bonchev–Trinajstić information content (AvgIpc) is 3.21. The number of amides is 1. The lowest BCUT2D eigenvalue weighted by Gasteiger charge is -2.11. The van der Waals surface area contributed by atoms with Gasteiger partial charge in [0.25, 0.3) is 5.91 Å². The van der Waals surface area contributed by atoms with Crippen molar-refractivity contribution in [3.63, 3.8) is 0 Å². The highest BCUT2D eigenvalue weighted by Gasteiger charge is 2.15. The van der Waals surface area contributed by atoms with Crippen LogP contribution in [0.2, 0.25) is 0 Å². The third-order valence-corrected chi connectivity index (χ3v) is 3.71. The second kappa shape index (κ2) is 8.66. The van der Waals surface area contributed by atoms with Gasteiger partial charge in [-0.1, -0.05) is 12.1 Å². The van der Waals surface area contributed by atoms with Crippen molar-refractivity contribution in [3.8, 4) is 0 Å². The molecule has 1 aromatic carbocycles. The predicted octanol–water partition coefficient (Wildman–Crippen LogP) is 3.72. The van der Waals surface area contributed by atoms with Crippen LogP contribution < -0.4 is 10.6 Å². The molecular weight excluding hydrogens is 346 g/mol. The second-order valence-corrected chi connectivity index (χ2v) is 5.58. The number of anilines is 2. The molecule has 0 spiro atoms. The Bertz CT molecular complexity index is 922. The Labute approximate surface area is 156 Å². The molecule has 27 heavy (non-hydrogen) atoms. The molecule has 7 heteroatoms. The number of rotatable bonds is 7. The number of hydrogen-bond acceptors (Lipinski definition) is 6. The molecule has 3 rings (SSSR count). The van der Waals surface area contributed by atoms with Crippen molar-refractivity contribution < 1.29 is 18.7 Å². The lowest BCUT2D eigenvalue weighted by atomic mass is 10.1. The smallest absolute Gasteiger partial charge is 0.340 e. The lowest BCUT2D eigenvalue weighted by Crippen LogP contribution is -2.17. The van der Waals surface area contributed by atoms with Crippen LogP contribution in [0.1, 0.15) is 33.5 Å². The van der Waals surface area contributed by atoms with E-state index in [1.807, 2.05) is 12.1 Å². The number of esters is 1. The number of nitrogens with one attached hydrogen (secondary N) is 2. The second-order valence-electron chi connectivity index (χ2n) is 5.58. The van der Waals surface area contributed by atoms with Gasteiger partial charge in [-0.25, -0.2) is 4.79 Å². The third-order valence-electron chi connectivity index (χ3n) is 3.71. The maximum absolute atomic E-state index is 12.6. The maximum Gasteiger partial charge on any atom is 0.340 e. The minimum Gasteiger partial charge on any atom is -0.467 e.